The first-order chi connectivity index (χ1) is 18.4. The van der Waals surface area contributed by atoms with Gasteiger partial charge in [0.1, 0.15) is 13.1 Å². The minimum atomic E-state index is -9.25. The lowest BCUT2D eigenvalue weighted by atomic mass is 9.85. The van der Waals surface area contributed by atoms with E-state index >= 15 is 0 Å². The van der Waals surface area contributed by atoms with Crippen LogP contribution < -0.4 is 0 Å². The summed E-state index contributed by atoms with van der Waals surface area (Å²) in [5, 5.41) is 0. The quantitative estimate of drug-likeness (QED) is 0.106. The number of nitrogens with zero attached hydrogens (tertiary/aromatic N) is 1. The Labute approximate surface area is 224 Å². The van der Waals surface area contributed by atoms with Crippen molar-refractivity contribution in [3.8, 4) is 0 Å². The summed E-state index contributed by atoms with van der Waals surface area (Å²) in [5.41, 5.74) is 0. The van der Waals surface area contributed by atoms with Crippen molar-refractivity contribution in [3.05, 3.63) is 0 Å². The number of hydrogen-bond donors (Lipinski definition) is 0. The van der Waals surface area contributed by atoms with Crippen LogP contribution in [0.25, 0.3) is 0 Å². The number of likely N-dealkylation sites (N-methyl/N-ethyl adjacent to an activating group) is 1. The first-order valence-corrected chi connectivity index (χ1v) is 10.3. The molecular formula is C18H15F21NO3+. The van der Waals surface area contributed by atoms with Crippen molar-refractivity contribution in [2.24, 2.45) is 0 Å². The van der Waals surface area contributed by atoms with Crippen LogP contribution in [0.15, 0.2) is 0 Å². The molecule has 0 saturated heterocycles. The maximum atomic E-state index is 14.2. The number of hydrogen-bond acceptors (Lipinski definition) is 3. The van der Waals surface area contributed by atoms with Crippen molar-refractivity contribution in [2.75, 3.05) is 27.2 Å². The second kappa shape index (κ2) is 11.2. The lowest BCUT2D eigenvalue weighted by Crippen LogP contribution is -2.77. The second-order valence-electron chi connectivity index (χ2n) is 9.32. The Balaban J connectivity index is 6.99. The molecule has 0 aromatic rings. The van der Waals surface area contributed by atoms with Crippen molar-refractivity contribution in [2.45, 2.75) is 72.0 Å². The monoisotopic (exact) mass is 692 g/mol. The van der Waals surface area contributed by atoms with Crippen LogP contribution in [0.2, 0.25) is 0 Å². The Bertz CT molecular complexity index is 1000. The minimum absolute atomic E-state index is 0.0194. The number of alkyl halides is 21. The largest absolute Gasteiger partial charge is 0.460 e. The molecule has 0 aliphatic rings. The highest BCUT2D eigenvalue weighted by Crippen LogP contribution is 2.66. The molecule has 0 radical (unpaired) electrons. The topological polar surface area (TPSA) is 43.4 Å². The predicted molar refractivity (Wildman–Crippen MR) is 94.0 cm³/mol. The average Bonchev–Trinajstić information content (AvgIpc) is 2.76. The predicted octanol–water partition coefficient (Wildman–Crippen LogP) is 6.47. The molecule has 25 heteroatoms. The van der Waals surface area contributed by atoms with Crippen LogP contribution in [0.4, 0.5) is 92.2 Å². The van der Waals surface area contributed by atoms with E-state index in [2.05, 4.69) is 4.74 Å². The molecule has 0 aromatic heterocycles. The fraction of sp³-hybridized carbons (Fsp3) is 0.889. The van der Waals surface area contributed by atoms with E-state index in [1.54, 1.807) is 0 Å². The van der Waals surface area contributed by atoms with Gasteiger partial charge in [-0.05, 0) is 0 Å². The number of ether oxygens (including phenoxy) is 1. The molecule has 4 nitrogen and oxygen atoms in total. The smallest absolute Gasteiger partial charge is 0.458 e. The molecule has 0 aromatic carbocycles. The van der Waals surface area contributed by atoms with Crippen LogP contribution in [0.5, 0.6) is 0 Å². The zero-order chi connectivity index (χ0) is 35.3. The number of carbonyl (C=O) groups excluding carboxylic acids is 2. The summed E-state index contributed by atoms with van der Waals surface area (Å²) in [6.07, 6.45) is -14.0. The van der Waals surface area contributed by atoms with Crippen molar-refractivity contribution in [1.29, 1.82) is 0 Å². The molecular weight excluding hydrogens is 677 g/mol. The molecule has 1 atom stereocenters. The van der Waals surface area contributed by atoms with Gasteiger partial charge in [-0.1, -0.05) is 0 Å². The van der Waals surface area contributed by atoms with Gasteiger partial charge in [0, 0.05) is 0 Å². The fourth-order valence-electron chi connectivity index (χ4n) is 3.07. The van der Waals surface area contributed by atoms with Crippen LogP contribution in [-0.2, 0) is 14.3 Å². The zero-order valence-corrected chi connectivity index (χ0v) is 20.5. The molecule has 0 aliphatic heterocycles. The Morgan fingerprint density at radius 2 is 0.837 bits per heavy atom. The summed E-state index contributed by atoms with van der Waals surface area (Å²) < 4.78 is 285. The van der Waals surface area contributed by atoms with Gasteiger partial charge in [0.2, 0.25) is 0 Å². The third kappa shape index (κ3) is 6.14. The molecule has 0 N–H and O–H groups in total. The number of carbonyl (C=O) groups is 2. The van der Waals surface area contributed by atoms with E-state index in [0.717, 1.165) is 14.1 Å². The summed E-state index contributed by atoms with van der Waals surface area (Å²) in [6, 6.07) is 0. The first-order valence-electron chi connectivity index (χ1n) is 10.3. The fourth-order valence-corrected chi connectivity index (χ4v) is 3.07. The van der Waals surface area contributed by atoms with Crippen molar-refractivity contribution in [1.82, 2.24) is 0 Å². The molecule has 43 heavy (non-hydrogen) atoms. The Kier molecular flexibility index (Phi) is 10.6. The summed E-state index contributed by atoms with van der Waals surface area (Å²) in [4.78, 5) is 21.0. The number of halogens is 21. The van der Waals surface area contributed by atoms with Gasteiger partial charge < -0.3 is 9.22 Å². The van der Waals surface area contributed by atoms with Gasteiger partial charge in [-0.2, -0.15) is 92.2 Å². The van der Waals surface area contributed by atoms with Crippen LogP contribution in [0, 0.1) is 0 Å². The van der Waals surface area contributed by atoms with Crippen LogP contribution >= 0.6 is 0 Å². The lowest BCUT2D eigenvalue weighted by molar-refractivity contribution is -0.884. The standard InChI is InChI=1S/C18H15F21NO3/c1-40(2,3-4-41)6-8(43-7-42)5-9(19,20)10(21,22)11(23,24)12(25,26)13(27,28)14(29,30)15(31,32)16(33,34)17(35,36)18(37,38)39/h4,7-8H,3,5-6H2,1-2H3/q+1. The molecule has 0 bridgehead atoms. The van der Waals surface area contributed by atoms with Gasteiger partial charge in [-0.15, -0.1) is 0 Å². The Morgan fingerprint density at radius 1 is 0.535 bits per heavy atom. The van der Waals surface area contributed by atoms with Gasteiger partial charge in [0.05, 0.1) is 20.5 Å². The highest BCUT2D eigenvalue weighted by atomic mass is 19.4. The van der Waals surface area contributed by atoms with Gasteiger partial charge in [0.25, 0.3) is 6.47 Å². The third-order valence-corrected chi connectivity index (χ3v) is 5.57. The third-order valence-electron chi connectivity index (χ3n) is 5.57. The number of aldehydes is 1. The van der Waals surface area contributed by atoms with E-state index in [1.165, 1.54) is 0 Å². The van der Waals surface area contributed by atoms with Crippen LogP contribution in [0.1, 0.15) is 6.42 Å². The average molecular weight is 692 g/mol. The van der Waals surface area contributed by atoms with Gasteiger partial charge in [0.15, 0.2) is 12.4 Å². The van der Waals surface area contributed by atoms with E-state index in [9.17, 15) is 102 Å². The van der Waals surface area contributed by atoms with Gasteiger partial charge in [-0.3, -0.25) is 9.59 Å². The molecule has 0 fully saturated rings. The van der Waals surface area contributed by atoms with E-state index in [1.807, 2.05) is 0 Å². The van der Waals surface area contributed by atoms with Crippen LogP contribution in [0.3, 0.4) is 0 Å². The van der Waals surface area contributed by atoms with E-state index in [0.29, 0.717) is 0 Å². The number of rotatable bonds is 16. The molecule has 256 valence electrons. The molecule has 0 aliphatic carbocycles. The molecule has 0 saturated carbocycles. The lowest BCUT2D eigenvalue weighted by Gasteiger charge is -2.44. The highest BCUT2D eigenvalue weighted by Gasteiger charge is 2.97. The van der Waals surface area contributed by atoms with Gasteiger partial charge >= 0.3 is 59.5 Å². The summed E-state index contributed by atoms with van der Waals surface area (Å²) in [7, 11) is 1.77. The summed E-state index contributed by atoms with van der Waals surface area (Å²) in [6.45, 7) is -2.85. The maximum absolute atomic E-state index is 14.2. The second-order valence-corrected chi connectivity index (χ2v) is 9.32. The number of quaternary nitrogens is 1. The zero-order valence-electron chi connectivity index (χ0n) is 20.5. The first kappa shape index (κ1) is 40.6. The van der Waals surface area contributed by atoms with E-state index in [4.69, 9.17) is 0 Å². The SMILES string of the molecule is C[N+](C)(CC=O)CC(CC(F)(F)C(F)(F)C(F)(F)C(F)(F)C(F)(F)C(F)(F)C(F)(F)C(F)(F)C(F)(F)C(F)(F)F)OC=O. The van der Waals surface area contributed by atoms with Crippen molar-refractivity contribution >= 4 is 12.8 Å². The molecule has 1 unspecified atom stereocenters. The summed E-state index contributed by atoms with van der Waals surface area (Å²) >= 11 is 0. The highest BCUT2D eigenvalue weighted by molar-refractivity contribution is 5.50. The summed E-state index contributed by atoms with van der Waals surface area (Å²) in [5.74, 6) is -78.0. The van der Waals surface area contributed by atoms with Crippen molar-refractivity contribution in [3.63, 3.8) is 0 Å². The molecule has 0 spiro atoms. The van der Waals surface area contributed by atoms with Gasteiger partial charge in [-0.25, -0.2) is 0 Å². The normalized spacial score (nSPS) is 16.6. The Hall–Kier alpha value is -2.37. The van der Waals surface area contributed by atoms with Crippen molar-refractivity contribution < 1.29 is 111 Å². The Morgan fingerprint density at radius 3 is 1.12 bits per heavy atom. The molecule has 0 heterocycles. The van der Waals surface area contributed by atoms with Crippen LogP contribution in [-0.4, -0.2) is 110 Å². The van der Waals surface area contributed by atoms with E-state index < -0.39 is 96.0 Å². The molecule has 0 rings (SSSR count). The van der Waals surface area contributed by atoms with E-state index in [-0.39, 0.29) is 6.29 Å². The minimum Gasteiger partial charge on any atom is -0.458 e. The maximum Gasteiger partial charge on any atom is 0.460 e. The molecule has 0 amide bonds.